The van der Waals surface area contributed by atoms with Crippen molar-refractivity contribution in [2.75, 3.05) is 44.3 Å². The number of aromatic nitrogens is 2. The lowest BCUT2D eigenvalue weighted by Crippen LogP contribution is -2.43. The number of ether oxygens (including phenoxy) is 1. The van der Waals surface area contributed by atoms with Gasteiger partial charge in [0.1, 0.15) is 5.82 Å². The molecule has 3 aliphatic rings. The average Bonchev–Trinajstić information content (AvgIpc) is 3.09. The van der Waals surface area contributed by atoms with Gasteiger partial charge in [-0.3, -0.25) is 14.7 Å². The van der Waals surface area contributed by atoms with E-state index in [9.17, 15) is 9.18 Å². The zero-order valence-corrected chi connectivity index (χ0v) is 16.6. The molecule has 1 spiro atoms. The van der Waals surface area contributed by atoms with Gasteiger partial charge in [0.25, 0.3) is 5.56 Å². The number of likely N-dealkylation sites (tertiary alicyclic amines) is 1. The number of hydrogen-bond acceptors (Lipinski definition) is 5. The summed E-state index contributed by atoms with van der Waals surface area (Å²) in [6, 6.07) is 6.85. The number of aromatic amines is 1. The summed E-state index contributed by atoms with van der Waals surface area (Å²) in [7, 11) is 0. The van der Waals surface area contributed by atoms with Crippen LogP contribution >= 0.6 is 0 Å². The molecule has 29 heavy (non-hydrogen) atoms. The Morgan fingerprint density at radius 3 is 2.69 bits per heavy atom. The van der Waals surface area contributed by atoms with Crippen LogP contribution in [0, 0.1) is 5.82 Å². The van der Waals surface area contributed by atoms with Crippen LogP contribution in [0.5, 0.6) is 0 Å². The van der Waals surface area contributed by atoms with Crippen molar-refractivity contribution in [2.24, 2.45) is 0 Å². The Morgan fingerprint density at radius 2 is 1.93 bits per heavy atom. The van der Waals surface area contributed by atoms with Crippen LogP contribution in [-0.4, -0.2) is 54.3 Å². The molecule has 0 bridgehead atoms. The van der Waals surface area contributed by atoms with E-state index in [1.54, 1.807) is 12.1 Å². The minimum Gasteiger partial charge on any atom is -0.378 e. The second kappa shape index (κ2) is 7.54. The van der Waals surface area contributed by atoms with Crippen molar-refractivity contribution in [3.8, 4) is 0 Å². The summed E-state index contributed by atoms with van der Waals surface area (Å²) in [5, 5.41) is 0. The predicted molar refractivity (Wildman–Crippen MR) is 109 cm³/mol. The highest BCUT2D eigenvalue weighted by atomic mass is 19.1. The second-order valence-electron chi connectivity index (χ2n) is 8.50. The van der Waals surface area contributed by atoms with E-state index in [-0.39, 0.29) is 16.8 Å². The van der Waals surface area contributed by atoms with Crippen LogP contribution < -0.4 is 10.5 Å². The van der Waals surface area contributed by atoms with Gasteiger partial charge in [0.2, 0.25) is 5.95 Å². The molecule has 5 rings (SSSR count). The molecule has 2 fully saturated rings. The lowest BCUT2D eigenvalue weighted by Gasteiger charge is -2.39. The first-order chi connectivity index (χ1) is 14.1. The van der Waals surface area contributed by atoms with E-state index in [1.807, 2.05) is 6.07 Å². The molecule has 1 aromatic carbocycles. The van der Waals surface area contributed by atoms with E-state index in [0.717, 1.165) is 75.2 Å². The van der Waals surface area contributed by atoms with Gasteiger partial charge in [-0.05, 0) is 56.5 Å². The van der Waals surface area contributed by atoms with Gasteiger partial charge >= 0.3 is 0 Å². The van der Waals surface area contributed by atoms with Crippen molar-refractivity contribution in [2.45, 2.75) is 37.6 Å². The summed E-state index contributed by atoms with van der Waals surface area (Å²) < 4.78 is 18.9. The first kappa shape index (κ1) is 18.8. The summed E-state index contributed by atoms with van der Waals surface area (Å²) >= 11 is 0. The van der Waals surface area contributed by atoms with Gasteiger partial charge in [0.15, 0.2) is 0 Å². The Morgan fingerprint density at radius 1 is 1.14 bits per heavy atom. The van der Waals surface area contributed by atoms with Crippen molar-refractivity contribution in [1.29, 1.82) is 0 Å². The van der Waals surface area contributed by atoms with Crippen molar-refractivity contribution < 1.29 is 9.13 Å². The van der Waals surface area contributed by atoms with Crippen molar-refractivity contribution >= 4 is 5.95 Å². The minimum absolute atomic E-state index is 0.00304. The minimum atomic E-state index is -0.181. The maximum atomic E-state index is 13.5. The highest BCUT2D eigenvalue weighted by molar-refractivity contribution is 5.40. The average molecular weight is 398 g/mol. The van der Waals surface area contributed by atoms with Crippen LogP contribution in [0.4, 0.5) is 10.3 Å². The van der Waals surface area contributed by atoms with Crippen LogP contribution in [0.15, 0.2) is 29.1 Å². The number of hydrogen-bond donors (Lipinski definition) is 1. The highest BCUT2D eigenvalue weighted by Crippen LogP contribution is 2.44. The van der Waals surface area contributed by atoms with Crippen molar-refractivity contribution in [3.63, 3.8) is 0 Å². The highest BCUT2D eigenvalue weighted by Gasteiger charge is 2.44. The molecule has 154 valence electrons. The summed E-state index contributed by atoms with van der Waals surface area (Å²) in [4.78, 5) is 25.2. The molecule has 2 aliphatic heterocycles. The number of anilines is 1. The molecule has 1 aliphatic carbocycles. The van der Waals surface area contributed by atoms with Gasteiger partial charge in [0, 0.05) is 30.6 Å². The molecular formula is C22H27FN4O2. The number of morpholine rings is 1. The first-order valence-electron chi connectivity index (χ1n) is 10.6. The fourth-order valence-electron chi connectivity index (χ4n) is 5.08. The Hall–Kier alpha value is -2.25. The number of fused-ring (bicyclic) bond motifs is 2. The van der Waals surface area contributed by atoms with Gasteiger partial charge < -0.3 is 9.64 Å². The van der Waals surface area contributed by atoms with Gasteiger partial charge in [-0.15, -0.1) is 0 Å². The van der Waals surface area contributed by atoms with E-state index >= 15 is 0 Å². The topological polar surface area (TPSA) is 61.5 Å². The molecule has 0 unspecified atom stereocenters. The number of nitrogens with zero attached hydrogens (tertiary/aromatic N) is 3. The van der Waals surface area contributed by atoms with Crippen LogP contribution in [0.25, 0.3) is 0 Å². The number of rotatable bonds is 3. The summed E-state index contributed by atoms with van der Waals surface area (Å²) in [5.41, 5.74) is 2.93. The third-order valence-electron chi connectivity index (χ3n) is 6.78. The summed E-state index contributed by atoms with van der Waals surface area (Å²) in [6.45, 7) is 5.51. The molecule has 2 aromatic rings. The van der Waals surface area contributed by atoms with Gasteiger partial charge in [0.05, 0.1) is 18.9 Å². The Kier molecular flexibility index (Phi) is 4.87. The fourth-order valence-corrected chi connectivity index (χ4v) is 5.08. The molecule has 3 heterocycles. The molecule has 0 radical (unpaired) electrons. The number of halogens is 1. The second-order valence-corrected chi connectivity index (χ2v) is 8.50. The van der Waals surface area contributed by atoms with E-state index in [2.05, 4.69) is 14.8 Å². The smallest absolute Gasteiger partial charge is 0.255 e. The number of H-pyrrole nitrogens is 1. The van der Waals surface area contributed by atoms with Crippen LogP contribution in [0.3, 0.4) is 0 Å². The van der Waals surface area contributed by atoms with E-state index in [1.165, 1.54) is 6.07 Å². The predicted octanol–water partition coefficient (Wildman–Crippen LogP) is 2.23. The third-order valence-corrected chi connectivity index (χ3v) is 6.78. The summed E-state index contributed by atoms with van der Waals surface area (Å²) in [6.07, 6.45) is 3.80. The first-order valence-corrected chi connectivity index (χ1v) is 10.6. The van der Waals surface area contributed by atoms with E-state index < -0.39 is 0 Å². The lowest BCUT2D eigenvalue weighted by molar-refractivity contribution is 0.122. The SMILES string of the molecule is O=c1[nH]c(N2CCOCC2)nc2c1CCC21CCN(Cc2cccc(F)c2)CC1. The normalized spacial score (nSPS) is 21.5. The van der Waals surface area contributed by atoms with E-state index in [4.69, 9.17) is 9.72 Å². The number of piperidine rings is 1. The Balaban J connectivity index is 1.34. The van der Waals surface area contributed by atoms with Gasteiger partial charge in [-0.2, -0.15) is 0 Å². The molecule has 2 saturated heterocycles. The monoisotopic (exact) mass is 398 g/mol. The van der Waals surface area contributed by atoms with Crippen LogP contribution in [0.2, 0.25) is 0 Å². The third kappa shape index (κ3) is 3.57. The summed E-state index contributed by atoms with van der Waals surface area (Å²) in [5.74, 6) is 0.514. The van der Waals surface area contributed by atoms with Crippen molar-refractivity contribution in [1.82, 2.24) is 14.9 Å². The molecule has 1 aromatic heterocycles. The van der Waals surface area contributed by atoms with Crippen LogP contribution in [-0.2, 0) is 23.1 Å². The fraction of sp³-hybridized carbons (Fsp3) is 0.545. The molecule has 0 amide bonds. The van der Waals surface area contributed by atoms with Crippen LogP contribution in [0.1, 0.15) is 36.1 Å². The molecule has 0 saturated carbocycles. The molecule has 7 heteroatoms. The quantitative estimate of drug-likeness (QED) is 0.859. The molecular weight excluding hydrogens is 371 g/mol. The zero-order chi connectivity index (χ0) is 19.8. The lowest BCUT2D eigenvalue weighted by atomic mass is 9.76. The maximum absolute atomic E-state index is 13.5. The largest absolute Gasteiger partial charge is 0.378 e. The maximum Gasteiger partial charge on any atom is 0.255 e. The van der Waals surface area contributed by atoms with Crippen molar-refractivity contribution in [3.05, 3.63) is 57.3 Å². The standard InChI is InChI=1S/C22H27FN4O2/c23-17-3-1-2-16(14-17)15-26-8-6-22(7-9-26)5-4-18-19(22)24-21(25-20(18)28)27-10-12-29-13-11-27/h1-3,14H,4-13,15H2,(H,24,25,28). The van der Waals surface area contributed by atoms with E-state index in [0.29, 0.717) is 19.2 Å². The Bertz CT molecular complexity index is 946. The number of nitrogens with one attached hydrogen (secondary N) is 1. The molecule has 1 N–H and O–H groups in total. The Labute approximate surface area is 169 Å². The number of benzene rings is 1. The molecule has 6 nitrogen and oxygen atoms in total. The zero-order valence-electron chi connectivity index (χ0n) is 16.6. The molecule has 0 atom stereocenters. The van der Waals surface area contributed by atoms with Gasteiger partial charge in [-0.1, -0.05) is 12.1 Å². The van der Waals surface area contributed by atoms with Gasteiger partial charge in [-0.25, -0.2) is 9.37 Å².